The number of fused-ring (bicyclic) bond motifs is 4. The van der Waals surface area contributed by atoms with E-state index in [1.807, 2.05) is 99.0 Å². The zero-order valence-electron chi connectivity index (χ0n) is 75.1. The average molecular weight is 2140 g/mol. The lowest BCUT2D eigenvalue weighted by Crippen LogP contribution is -2.41. The van der Waals surface area contributed by atoms with Crippen LogP contribution < -0.4 is 16.0 Å². The molecule has 49 heteroatoms. The van der Waals surface area contributed by atoms with Crippen LogP contribution in [0.15, 0.2) is 93.4 Å². The summed E-state index contributed by atoms with van der Waals surface area (Å²) in [6.45, 7) is 39.1. The SMILES string of the molecule is C.C.C.C.CC(=O)Nc1cnn2c1CN(C(=O)OC(C)(C)C)CC2.CC(=O)Nc1cnn2c1CNCC2.CC(C)(C)OC(=O)N(CCO)Cc1ccn[nH]1.CC(C)(C)OC(=O)N(CCOS(C)(=O)=O)Cc1ccn[nH]1.CC(C)(C)OC(=O)N1CCn2ncc(I)c2C1.CC(C)(C)OC(=O)N1CCn2nccc2C1.CI=NSC#N.O=C=Nc1ccc(Cl)c(F)c1.O=Cc1ccn[nH]1. The van der Waals surface area contributed by atoms with E-state index in [0.717, 1.165) is 94.7 Å². The van der Waals surface area contributed by atoms with Gasteiger partial charge in [0, 0.05) is 116 Å². The zero-order valence-corrected chi connectivity index (χ0v) is 81.8. The topological polar surface area (TPSA) is 522 Å². The third-order valence-electron chi connectivity index (χ3n) is 15.8. The molecule has 4 aliphatic heterocycles. The fourth-order valence-electron chi connectivity index (χ4n) is 10.5. The molecule has 1 aromatic carbocycles. The Morgan fingerprint density at radius 1 is 0.621 bits per heavy atom. The van der Waals surface area contributed by atoms with E-state index in [4.69, 9.17) is 45.7 Å². The molecule has 0 fully saturated rings. The number of alkyl halides is 1. The number of aromatic nitrogens is 14. The molecule has 7 N–H and O–H groups in total. The molecule has 7 aromatic heterocycles. The Kier molecular flexibility index (Phi) is 54.1. The number of aromatic amines is 3. The first-order valence-corrected chi connectivity index (χ1v) is 46.7. The Labute approximate surface area is 805 Å². The summed E-state index contributed by atoms with van der Waals surface area (Å²) in [6, 6.07) is 10.8. The molecular weight excluding hydrogens is 2010 g/mol. The highest BCUT2D eigenvalue weighted by molar-refractivity contribution is 14.2. The molecule has 0 spiro atoms. The van der Waals surface area contributed by atoms with Gasteiger partial charge < -0.3 is 64.3 Å². The van der Waals surface area contributed by atoms with Crippen molar-refractivity contribution < 1.29 is 88.9 Å². The molecule has 132 heavy (non-hydrogen) atoms. The minimum Gasteiger partial charge on any atom is -0.444 e. The van der Waals surface area contributed by atoms with Crippen molar-refractivity contribution in [1.82, 2.24) is 99.5 Å². The number of aldehydes is 1. The van der Waals surface area contributed by atoms with Gasteiger partial charge in [-0.25, -0.2) is 33.2 Å². The second kappa shape index (κ2) is 58.9. The maximum absolute atomic E-state index is 12.6. The lowest BCUT2D eigenvalue weighted by molar-refractivity contribution is -0.115. The maximum Gasteiger partial charge on any atom is 0.410 e. The van der Waals surface area contributed by atoms with E-state index in [9.17, 15) is 56.0 Å². The summed E-state index contributed by atoms with van der Waals surface area (Å²) in [6.07, 6.45) is 12.7. The van der Waals surface area contributed by atoms with E-state index in [0.29, 0.717) is 75.7 Å². The number of hydrogen-bond acceptors (Lipinski definition) is 30. The number of H-pyrrole nitrogens is 3. The third kappa shape index (κ3) is 48.5. The molecule has 0 aliphatic carbocycles. The molecule has 0 unspecified atom stereocenters. The maximum atomic E-state index is 12.6. The van der Waals surface area contributed by atoms with Crippen LogP contribution in [-0.2, 0) is 118 Å². The summed E-state index contributed by atoms with van der Waals surface area (Å²) >= 11 is 8.56. The molecule has 736 valence electrons. The number of carbonyl (C=O) groups excluding carboxylic acids is 9. The van der Waals surface area contributed by atoms with E-state index in [1.165, 1.54) is 48.1 Å². The smallest absolute Gasteiger partial charge is 0.410 e. The van der Waals surface area contributed by atoms with E-state index < -0.39 is 56.1 Å². The zero-order chi connectivity index (χ0) is 95.8. The number of aliphatic hydroxyl groups is 1. The number of nitriles is 1. The third-order valence-corrected chi connectivity index (χ3v) is 19.7. The molecule has 0 bridgehead atoms. The van der Waals surface area contributed by atoms with Gasteiger partial charge in [-0.15, -0.1) is 0 Å². The first-order valence-electron chi connectivity index (χ1n) is 39.5. The lowest BCUT2D eigenvalue weighted by atomic mass is 10.2. The van der Waals surface area contributed by atoms with E-state index in [1.54, 1.807) is 110 Å². The number of amides is 7. The molecule has 0 saturated heterocycles. The van der Waals surface area contributed by atoms with Crippen molar-refractivity contribution in [3.63, 3.8) is 0 Å². The van der Waals surface area contributed by atoms with Crippen molar-refractivity contribution in [3.05, 3.63) is 140 Å². The average Bonchev–Trinajstić information content (AvgIpc) is 1.76. The van der Waals surface area contributed by atoms with Crippen LogP contribution in [-0.4, -0.2) is 254 Å². The molecular formula is C83H131ClFI2N25O18S2. The highest BCUT2D eigenvalue weighted by Crippen LogP contribution is 2.26. The first-order chi connectivity index (χ1) is 59.9. The Balaban J connectivity index is 0.00000148. The largest absolute Gasteiger partial charge is 0.444 e. The van der Waals surface area contributed by atoms with Crippen molar-refractivity contribution in [2.24, 2.45) is 7.54 Å². The van der Waals surface area contributed by atoms with Crippen LogP contribution in [0, 0.1) is 20.1 Å². The number of hydrogen-bond donors (Lipinski definition) is 7. The molecule has 8 aromatic rings. The van der Waals surface area contributed by atoms with Crippen LogP contribution in [0.4, 0.5) is 45.4 Å². The van der Waals surface area contributed by atoms with Crippen LogP contribution in [0.1, 0.15) is 192 Å². The summed E-state index contributed by atoms with van der Waals surface area (Å²) in [5.74, 6) is -0.806. The normalized spacial score (nSPS) is 12.7. The van der Waals surface area contributed by atoms with Crippen LogP contribution in [0.5, 0.6) is 0 Å². The molecule has 7 amide bonds. The van der Waals surface area contributed by atoms with Gasteiger partial charge in [0.25, 0.3) is 10.1 Å². The Morgan fingerprint density at radius 3 is 1.48 bits per heavy atom. The molecule has 0 radical (unpaired) electrons. The standard InChI is InChI=1S/C13H20N4O3.C12H21N3O5S.C11H16IN3O2.C11H19N3O3.C11H17N3O2.C8H12N4O.C7H3ClFNO.C4H4N2O.C2H3IN2S.4CH4/c1-9(18)15-10-7-14-17-6-5-16(8-11(10)17)12(19)20-13(2,3)4;1-12(2,3)20-11(16)15(7-8-19-21(4,17)18)9-10-5-6-13-14-10;1-11(2,3)17-10(16)14-4-5-15-9(7-14)8(12)6-13-15;1-11(2,3)17-10(16)14(6-7-15)8-9-4-5-12-13-9;1-11(2,3)16-10(15)13-6-7-14-9(8-13)4-5-12-14;1-6(13)11-7-4-10-12-3-2-9-5-8(7)12;8-6-2-1-5(10-4-11)3-7(6)9;7-3-4-1-2-5-6-4;1-3-5-6-2-4;;;;/h7H,5-6,8H2,1-4H3,(H,15,18);5-6H,7-9H2,1-4H3,(H,13,14);6H,4-5,7H2,1-3H3;4-5,15H,6-8H2,1-3H3,(H,12,13);4-5H,6-8H2,1-3H3;4,9H,2-3,5H2,1H3,(H,11,13);1-3H;1-3H,(H,5,6);1H3;4*1H4. The second-order valence-corrected chi connectivity index (χ2v) is 38.3. The summed E-state index contributed by atoms with van der Waals surface area (Å²) < 4.78 is 78.1. The number of nitrogens with one attached hydrogen (secondary N) is 6. The monoisotopic (exact) mass is 2140 g/mol. The number of aliphatic hydroxyl groups excluding tert-OH is 1. The minimum absolute atomic E-state index is 0. The number of nitrogens with zero attached hydrogens (tertiary/aromatic N) is 19. The summed E-state index contributed by atoms with van der Waals surface area (Å²) in [5, 5.41) is 63.2. The van der Waals surface area contributed by atoms with Gasteiger partial charge in [-0.05, 0) is 163 Å². The van der Waals surface area contributed by atoms with Gasteiger partial charge in [0.2, 0.25) is 17.9 Å². The summed E-state index contributed by atoms with van der Waals surface area (Å²) in [4.78, 5) is 114. The Hall–Kier alpha value is -10.8. The van der Waals surface area contributed by atoms with E-state index in [2.05, 4.69) is 101 Å². The lowest BCUT2D eigenvalue weighted by Gasteiger charge is -2.30. The molecule has 43 nitrogen and oxygen atoms in total. The number of thiocyanates is 1. The van der Waals surface area contributed by atoms with Gasteiger partial charge in [0.15, 0.2) is 11.7 Å². The number of halogens is 4. The molecule has 11 heterocycles. The Morgan fingerprint density at radius 2 is 1.07 bits per heavy atom. The van der Waals surface area contributed by atoms with Crippen LogP contribution in [0.2, 0.25) is 5.02 Å². The molecule has 0 saturated carbocycles. The van der Waals surface area contributed by atoms with Crippen molar-refractivity contribution in [2.45, 2.75) is 241 Å². The van der Waals surface area contributed by atoms with Gasteiger partial charge in [-0.2, -0.15) is 56.9 Å². The molecule has 12 rings (SSSR count). The van der Waals surface area contributed by atoms with Gasteiger partial charge in [0.1, 0.15) is 33.8 Å². The van der Waals surface area contributed by atoms with Gasteiger partial charge in [0.05, 0.1) is 174 Å². The number of ether oxygens (including phenoxy) is 5. The summed E-state index contributed by atoms with van der Waals surface area (Å²) in [7, 11) is -3.54. The van der Waals surface area contributed by atoms with Crippen molar-refractivity contribution in [2.75, 3.05) is 74.3 Å². The van der Waals surface area contributed by atoms with E-state index >= 15 is 0 Å². The highest BCUT2D eigenvalue weighted by Gasteiger charge is 2.32. The number of isocyanates is 1. The summed E-state index contributed by atoms with van der Waals surface area (Å²) in [5.41, 5.74) is 5.13. The van der Waals surface area contributed by atoms with Gasteiger partial charge in [-0.1, -0.05) is 41.3 Å². The fraction of sp³-hybridized carbons (Fsp3) is 0.554. The predicted molar refractivity (Wildman–Crippen MR) is 516 cm³/mol. The quantitative estimate of drug-likeness (QED) is 0.00577. The second-order valence-electron chi connectivity index (χ2n) is 32.5. The van der Waals surface area contributed by atoms with Gasteiger partial charge in [-0.3, -0.25) is 57.5 Å². The number of carbonyl (C=O) groups is 8. The first kappa shape index (κ1) is 121. The number of rotatable bonds is 15. The van der Waals surface area contributed by atoms with Gasteiger partial charge >= 0.3 is 30.5 Å². The van der Waals surface area contributed by atoms with Crippen LogP contribution in [0.25, 0.3) is 0 Å². The van der Waals surface area contributed by atoms with Crippen molar-refractivity contribution in [3.8, 4) is 5.40 Å². The minimum atomic E-state index is -3.54. The number of aliphatic imine (C=N–C) groups is 1. The van der Waals surface area contributed by atoms with Crippen LogP contribution >= 0.6 is 67.2 Å². The predicted octanol–water partition coefficient (Wildman–Crippen LogP) is 14.8. The molecule has 4 aliphatic rings. The van der Waals surface area contributed by atoms with E-state index in [-0.39, 0.29) is 124 Å². The molecule has 0 atom stereocenters. The number of anilines is 2. The van der Waals surface area contributed by atoms with Crippen molar-refractivity contribution in [1.29, 1.82) is 5.26 Å². The fourth-order valence-corrected chi connectivity index (χ4v) is 12.6. The van der Waals surface area contributed by atoms with Crippen LogP contribution in [0.3, 0.4) is 0 Å². The van der Waals surface area contributed by atoms with Crippen molar-refractivity contribution >= 4 is 149 Å². The Bertz CT molecular complexity index is 5070. The highest BCUT2D eigenvalue weighted by atomic mass is 127. The number of benzene rings is 1.